The highest BCUT2D eigenvalue weighted by atomic mass is 16.6. The van der Waals surface area contributed by atoms with Crippen molar-refractivity contribution in [2.75, 3.05) is 7.11 Å². The molecule has 1 unspecified atom stereocenters. The Morgan fingerprint density at radius 2 is 2.05 bits per heavy atom. The summed E-state index contributed by atoms with van der Waals surface area (Å²) in [6, 6.07) is 14.0. The van der Waals surface area contributed by atoms with Crippen LogP contribution in [0.2, 0.25) is 0 Å². The maximum atomic E-state index is 10.8. The van der Waals surface area contributed by atoms with Gasteiger partial charge in [-0.05, 0) is 29.8 Å². The van der Waals surface area contributed by atoms with E-state index in [0.717, 1.165) is 22.6 Å². The summed E-state index contributed by atoms with van der Waals surface area (Å²) in [6.07, 6.45) is 0.282. The maximum absolute atomic E-state index is 10.8. The van der Waals surface area contributed by atoms with Crippen molar-refractivity contribution in [3.05, 3.63) is 69.8 Å². The molecule has 22 heavy (non-hydrogen) atoms. The first-order valence-electron chi connectivity index (χ1n) is 6.79. The highest BCUT2D eigenvalue weighted by Crippen LogP contribution is 2.31. The fourth-order valence-corrected chi connectivity index (χ4v) is 2.35. The van der Waals surface area contributed by atoms with Gasteiger partial charge in [0.1, 0.15) is 5.75 Å². The quantitative estimate of drug-likeness (QED) is 0.640. The van der Waals surface area contributed by atoms with Crippen molar-refractivity contribution < 1.29 is 14.5 Å². The molecule has 0 fully saturated rings. The highest BCUT2D eigenvalue weighted by Gasteiger charge is 2.25. The Kier molecular flexibility index (Phi) is 3.74. The van der Waals surface area contributed by atoms with E-state index in [0.29, 0.717) is 6.42 Å². The number of hydrogen-bond acceptors (Lipinski definition) is 5. The monoisotopic (exact) mass is 298 g/mol. The second-order valence-corrected chi connectivity index (χ2v) is 4.92. The number of oxime groups is 1. The van der Waals surface area contributed by atoms with E-state index in [9.17, 15) is 10.1 Å². The molecule has 1 aliphatic rings. The van der Waals surface area contributed by atoms with E-state index in [1.165, 1.54) is 12.1 Å². The normalized spacial score (nSPS) is 16.8. The van der Waals surface area contributed by atoms with Crippen molar-refractivity contribution in [1.29, 1.82) is 0 Å². The molecule has 1 aliphatic heterocycles. The second-order valence-electron chi connectivity index (χ2n) is 4.92. The Hall–Kier alpha value is -2.89. The fraction of sp³-hybridized carbons (Fsp3) is 0.188. The third kappa shape index (κ3) is 2.76. The summed E-state index contributed by atoms with van der Waals surface area (Å²) in [5.41, 5.74) is 2.58. The molecule has 0 spiro atoms. The van der Waals surface area contributed by atoms with E-state index >= 15 is 0 Å². The lowest BCUT2D eigenvalue weighted by Gasteiger charge is -2.08. The van der Waals surface area contributed by atoms with Crippen LogP contribution in [0.5, 0.6) is 5.75 Å². The van der Waals surface area contributed by atoms with Gasteiger partial charge >= 0.3 is 0 Å². The van der Waals surface area contributed by atoms with Crippen molar-refractivity contribution in [3.63, 3.8) is 0 Å². The largest absolute Gasteiger partial charge is 0.497 e. The molecule has 0 bridgehead atoms. The van der Waals surface area contributed by atoms with Gasteiger partial charge in [0, 0.05) is 24.1 Å². The molecule has 2 aromatic rings. The van der Waals surface area contributed by atoms with Gasteiger partial charge in [-0.3, -0.25) is 10.1 Å². The van der Waals surface area contributed by atoms with Gasteiger partial charge in [-0.1, -0.05) is 17.3 Å². The smallest absolute Gasteiger partial charge is 0.269 e. The summed E-state index contributed by atoms with van der Waals surface area (Å²) >= 11 is 0. The van der Waals surface area contributed by atoms with Crippen LogP contribution in [0.1, 0.15) is 23.7 Å². The zero-order valence-corrected chi connectivity index (χ0v) is 11.9. The average molecular weight is 298 g/mol. The van der Waals surface area contributed by atoms with Crippen molar-refractivity contribution in [2.24, 2.45) is 5.16 Å². The summed E-state index contributed by atoms with van der Waals surface area (Å²) in [5.74, 6) is 0.776. The van der Waals surface area contributed by atoms with E-state index in [-0.39, 0.29) is 11.8 Å². The summed E-state index contributed by atoms with van der Waals surface area (Å²) in [7, 11) is 1.61. The van der Waals surface area contributed by atoms with Gasteiger partial charge in [-0.25, -0.2) is 0 Å². The van der Waals surface area contributed by atoms with Crippen LogP contribution in [0.3, 0.4) is 0 Å². The molecule has 0 saturated carbocycles. The van der Waals surface area contributed by atoms with Gasteiger partial charge in [0.25, 0.3) is 5.69 Å². The SMILES string of the molecule is COc1ccc(C2=NOC(c3cccc([N+](=O)[O-])c3)C2)cc1. The first-order valence-corrected chi connectivity index (χ1v) is 6.79. The Balaban J connectivity index is 1.76. The molecule has 0 saturated heterocycles. The van der Waals surface area contributed by atoms with Crippen molar-refractivity contribution in [2.45, 2.75) is 12.5 Å². The lowest BCUT2D eigenvalue weighted by molar-refractivity contribution is -0.385. The summed E-state index contributed by atoms with van der Waals surface area (Å²) < 4.78 is 5.12. The molecule has 1 heterocycles. The number of ether oxygens (including phenoxy) is 1. The minimum atomic E-state index is -0.413. The van der Waals surface area contributed by atoms with Crippen molar-refractivity contribution >= 4 is 11.4 Å². The van der Waals surface area contributed by atoms with E-state index in [4.69, 9.17) is 9.57 Å². The van der Waals surface area contributed by atoms with E-state index in [1.54, 1.807) is 13.2 Å². The molecule has 0 N–H and O–H groups in total. The van der Waals surface area contributed by atoms with E-state index in [2.05, 4.69) is 5.16 Å². The third-order valence-corrected chi connectivity index (χ3v) is 3.54. The number of rotatable bonds is 4. The molecule has 0 aliphatic carbocycles. The van der Waals surface area contributed by atoms with E-state index in [1.807, 2.05) is 30.3 Å². The number of methoxy groups -OCH3 is 1. The van der Waals surface area contributed by atoms with Gasteiger partial charge in [0.05, 0.1) is 17.7 Å². The molecular weight excluding hydrogens is 284 g/mol. The Labute approximate surface area is 127 Å². The Bertz CT molecular complexity index is 725. The standard InChI is InChI=1S/C16H14N2O4/c1-21-14-7-5-11(6-8-14)15-10-16(22-17-15)12-3-2-4-13(9-12)18(19)20/h2-9,16H,10H2,1H3. The molecule has 0 radical (unpaired) electrons. The number of non-ortho nitro benzene ring substituents is 1. The number of benzene rings is 2. The van der Waals surface area contributed by atoms with Crippen LogP contribution >= 0.6 is 0 Å². The molecule has 2 aromatic carbocycles. The van der Waals surface area contributed by atoms with Crippen molar-refractivity contribution in [3.8, 4) is 5.75 Å². The van der Waals surface area contributed by atoms with Crippen molar-refractivity contribution in [1.82, 2.24) is 0 Å². The lowest BCUT2D eigenvalue weighted by atomic mass is 10.00. The summed E-state index contributed by atoms with van der Waals surface area (Å²) in [5, 5.41) is 14.9. The van der Waals surface area contributed by atoms with Gasteiger partial charge in [0.15, 0.2) is 6.10 Å². The predicted molar refractivity (Wildman–Crippen MR) is 81.1 cm³/mol. The van der Waals surface area contributed by atoms with Gasteiger partial charge < -0.3 is 9.57 Å². The zero-order valence-electron chi connectivity index (χ0n) is 11.9. The molecule has 6 heteroatoms. The maximum Gasteiger partial charge on any atom is 0.269 e. The van der Waals surface area contributed by atoms with Crippen LogP contribution in [-0.2, 0) is 4.84 Å². The first-order chi connectivity index (χ1) is 10.7. The van der Waals surface area contributed by atoms with E-state index < -0.39 is 4.92 Å². The highest BCUT2D eigenvalue weighted by molar-refractivity contribution is 6.01. The lowest BCUT2D eigenvalue weighted by Crippen LogP contribution is -2.02. The van der Waals surface area contributed by atoms with Crippen LogP contribution in [0.25, 0.3) is 0 Å². The molecule has 112 valence electrons. The Morgan fingerprint density at radius 1 is 1.27 bits per heavy atom. The van der Waals surface area contributed by atoms with Gasteiger partial charge in [-0.15, -0.1) is 0 Å². The minimum absolute atomic E-state index is 0.0546. The van der Waals surface area contributed by atoms with Crippen LogP contribution in [0, 0.1) is 10.1 Å². The topological polar surface area (TPSA) is 74.0 Å². The minimum Gasteiger partial charge on any atom is -0.497 e. The molecule has 0 amide bonds. The third-order valence-electron chi connectivity index (χ3n) is 3.54. The number of hydrogen-bond donors (Lipinski definition) is 0. The Morgan fingerprint density at radius 3 is 2.73 bits per heavy atom. The number of nitro groups is 1. The van der Waals surface area contributed by atoms with Gasteiger partial charge in [0.2, 0.25) is 0 Å². The zero-order chi connectivity index (χ0) is 15.5. The summed E-state index contributed by atoms with van der Waals surface area (Å²) in [6.45, 7) is 0. The number of nitrogens with zero attached hydrogens (tertiary/aromatic N) is 2. The first kappa shape index (κ1) is 14.1. The fourth-order valence-electron chi connectivity index (χ4n) is 2.35. The van der Waals surface area contributed by atoms with Gasteiger partial charge in [-0.2, -0.15) is 0 Å². The predicted octanol–water partition coefficient (Wildman–Crippen LogP) is 3.47. The molecule has 6 nitrogen and oxygen atoms in total. The molecule has 3 rings (SSSR count). The molecule has 0 aromatic heterocycles. The van der Waals surface area contributed by atoms with Crippen LogP contribution in [0.4, 0.5) is 5.69 Å². The second kappa shape index (κ2) is 5.85. The van der Waals surface area contributed by atoms with Crippen LogP contribution in [-0.4, -0.2) is 17.7 Å². The molecule has 1 atom stereocenters. The van der Waals surface area contributed by atoms with Crippen LogP contribution < -0.4 is 4.74 Å². The summed E-state index contributed by atoms with van der Waals surface area (Å²) in [4.78, 5) is 15.9. The van der Waals surface area contributed by atoms with Crippen LogP contribution in [0.15, 0.2) is 53.7 Å². The number of nitro benzene ring substituents is 1. The molecular formula is C16H14N2O4. The average Bonchev–Trinajstić information content (AvgIpc) is 3.05.